The van der Waals surface area contributed by atoms with Crippen LogP contribution in [0.15, 0.2) is 36.4 Å². The Morgan fingerprint density at radius 3 is 2.39 bits per heavy atom. The highest BCUT2D eigenvalue weighted by Crippen LogP contribution is 2.32. The van der Waals surface area contributed by atoms with Gasteiger partial charge in [0.1, 0.15) is 11.8 Å². The second kappa shape index (κ2) is 9.03. The van der Waals surface area contributed by atoms with E-state index in [1.165, 1.54) is 13.2 Å². The molecule has 2 aromatic carbocycles. The number of halogens is 2. The molecule has 0 spiro atoms. The molecule has 28 heavy (non-hydrogen) atoms. The van der Waals surface area contributed by atoms with Gasteiger partial charge < -0.3 is 10.1 Å². The maximum Gasteiger partial charge on any atom is 0.248 e. The zero-order chi connectivity index (χ0) is 21.1. The summed E-state index contributed by atoms with van der Waals surface area (Å²) in [4.78, 5) is 12.9. The van der Waals surface area contributed by atoms with Crippen molar-refractivity contribution in [3.63, 3.8) is 0 Å². The molecule has 2 aromatic rings. The van der Waals surface area contributed by atoms with Crippen LogP contribution in [0.3, 0.4) is 0 Å². The third-order valence-electron chi connectivity index (χ3n) is 4.17. The number of anilines is 2. The first kappa shape index (κ1) is 22.3. The molecule has 0 saturated heterocycles. The van der Waals surface area contributed by atoms with E-state index >= 15 is 0 Å². The maximum absolute atomic E-state index is 12.9. The van der Waals surface area contributed by atoms with Crippen molar-refractivity contribution in [2.24, 2.45) is 0 Å². The summed E-state index contributed by atoms with van der Waals surface area (Å²) in [6.45, 7) is 3.54. The van der Waals surface area contributed by atoms with E-state index in [9.17, 15) is 13.2 Å². The number of hydrogen-bond acceptors (Lipinski definition) is 4. The first-order chi connectivity index (χ1) is 13.1. The molecule has 0 aliphatic carbocycles. The number of aryl methyl sites for hydroxylation is 1. The molecule has 0 fully saturated rings. The molecule has 0 saturated carbocycles. The summed E-state index contributed by atoms with van der Waals surface area (Å²) in [6.07, 6.45) is 1.31. The van der Waals surface area contributed by atoms with E-state index in [1.54, 1.807) is 44.2 Å². The molecule has 1 unspecified atom stereocenters. The maximum atomic E-state index is 12.9. The van der Waals surface area contributed by atoms with Gasteiger partial charge in [0.25, 0.3) is 0 Å². The van der Waals surface area contributed by atoms with Gasteiger partial charge in [0.2, 0.25) is 15.9 Å². The van der Waals surface area contributed by atoms with Gasteiger partial charge in [0.05, 0.1) is 24.1 Å². The predicted molar refractivity (Wildman–Crippen MR) is 114 cm³/mol. The average Bonchev–Trinajstić information content (AvgIpc) is 2.60. The number of sulfonamides is 1. The van der Waals surface area contributed by atoms with Crippen molar-refractivity contribution in [3.05, 3.63) is 52.0 Å². The molecule has 1 atom stereocenters. The lowest BCUT2D eigenvalue weighted by atomic mass is 10.1. The van der Waals surface area contributed by atoms with Gasteiger partial charge in [-0.2, -0.15) is 0 Å². The molecule has 1 N–H and O–H groups in total. The Kier molecular flexibility index (Phi) is 7.20. The van der Waals surface area contributed by atoms with Crippen LogP contribution in [0.2, 0.25) is 10.0 Å². The minimum Gasteiger partial charge on any atom is -0.495 e. The van der Waals surface area contributed by atoms with Crippen LogP contribution in [-0.4, -0.2) is 33.7 Å². The molecule has 0 aliphatic rings. The summed E-state index contributed by atoms with van der Waals surface area (Å²) >= 11 is 12.1. The second-order valence-corrected chi connectivity index (χ2v) is 8.95. The fourth-order valence-electron chi connectivity index (χ4n) is 2.84. The van der Waals surface area contributed by atoms with E-state index < -0.39 is 22.0 Å². The van der Waals surface area contributed by atoms with Gasteiger partial charge in [-0.15, -0.1) is 0 Å². The first-order valence-corrected chi connectivity index (χ1v) is 11.1. The monoisotopic (exact) mass is 444 g/mol. The summed E-state index contributed by atoms with van der Waals surface area (Å²) < 4.78 is 31.2. The van der Waals surface area contributed by atoms with Crippen LogP contribution in [-0.2, 0) is 14.8 Å². The van der Waals surface area contributed by atoms with Gasteiger partial charge in [0, 0.05) is 10.7 Å². The van der Waals surface area contributed by atoms with E-state index in [1.807, 2.05) is 0 Å². The topological polar surface area (TPSA) is 75.7 Å². The molecule has 0 radical (unpaired) electrons. The van der Waals surface area contributed by atoms with E-state index in [4.69, 9.17) is 27.9 Å². The Labute approximate surface area is 175 Å². The molecule has 1 amide bonds. The molecule has 2 rings (SSSR count). The third-order valence-corrected chi connectivity index (χ3v) is 5.88. The van der Waals surface area contributed by atoms with Gasteiger partial charge in [-0.3, -0.25) is 9.10 Å². The minimum absolute atomic E-state index is 0.248. The summed E-state index contributed by atoms with van der Waals surface area (Å²) in [6, 6.07) is 8.66. The highest BCUT2D eigenvalue weighted by Gasteiger charge is 2.32. The number of ether oxygens (including phenoxy) is 1. The van der Waals surface area contributed by atoms with Crippen LogP contribution in [0.4, 0.5) is 11.4 Å². The average molecular weight is 445 g/mol. The molecule has 6 nitrogen and oxygen atoms in total. The SMILES string of the molecule is CCC(C(=O)Nc1ccc(Cl)cc1C)N(c1ccc(OC)c(Cl)c1)S(C)(=O)=O. The quantitative estimate of drug-likeness (QED) is 0.681. The first-order valence-electron chi connectivity index (χ1n) is 8.48. The number of hydrogen-bond donors (Lipinski definition) is 1. The van der Waals surface area contributed by atoms with Crippen LogP contribution in [0.1, 0.15) is 18.9 Å². The molecule has 0 aromatic heterocycles. The van der Waals surface area contributed by atoms with Gasteiger partial charge in [0.15, 0.2) is 0 Å². The number of nitrogens with zero attached hydrogens (tertiary/aromatic N) is 1. The fourth-order valence-corrected chi connectivity index (χ4v) is 4.52. The summed E-state index contributed by atoms with van der Waals surface area (Å²) in [5.74, 6) is -0.0431. The second-order valence-electron chi connectivity index (χ2n) is 6.25. The normalized spacial score (nSPS) is 12.4. The number of carbonyl (C=O) groups excluding carboxylic acids is 1. The van der Waals surface area contributed by atoms with Crippen molar-refractivity contribution in [2.75, 3.05) is 23.0 Å². The summed E-state index contributed by atoms with van der Waals surface area (Å²) in [5, 5.41) is 3.58. The molecular weight excluding hydrogens is 423 g/mol. The number of amides is 1. The highest BCUT2D eigenvalue weighted by atomic mass is 35.5. The van der Waals surface area contributed by atoms with Gasteiger partial charge in [-0.05, 0) is 55.3 Å². The Morgan fingerprint density at radius 1 is 1.21 bits per heavy atom. The fraction of sp³-hybridized carbons (Fsp3) is 0.316. The standard InChI is InChI=1S/C19H22Cl2N2O4S/c1-5-17(19(24)22-16-8-6-13(20)10-12(16)2)23(28(4,25)26)14-7-9-18(27-3)15(21)11-14/h6-11,17H,5H2,1-4H3,(H,22,24). The molecule has 0 bridgehead atoms. The van der Waals surface area contributed by atoms with Crippen molar-refractivity contribution in [2.45, 2.75) is 26.3 Å². The summed E-state index contributed by atoms with van der Waals surface area (Å²) in [7, 11) is -2.30. The van der Waals surface area contributed by atoms with Gasteiger partial charge >= 0.3 is 0 Å². The Balaban J connectivity index is 2.42. The zero-order valence-electron chi connectivity index (χ0n) is 16.0. The number of benzene rings is 2. The number of rotatable bonds is 7. The highest BCUT2D eigenvalue weighted by molar-refractivity contribution is 7.92. The van der Waals surface area contributed by atoms with Crippen molar-refractivity contribution >= 4 is 50.5 Å². The van der Waals surface area contributed by atoms with Gasteiger partial charge in [-0.1, -0.05) is 30.1 Å². The molecular formula is C19H22Cl2N2O4S. The Morgan fingerprint density at radius 2 is 1.89 bits per heavy atom. The predicted octanol–water partition coefficient (Wildman–Crippen LogP) is 4.49. The van der Waals surface area contributed by atoms with Crippen LogP contribution in [0.5, 0.6) is 5.75 Å². The lowest BCUT2D eigenvalue weighted by Gasteiger charge is -2.30. The van der Waals surface area contributed by atoms with E-state index in [0.29, 0.717) is 16.5 Å². The van der Waals surface area contributed by atoms with Crippen LogP contribution >= 0.6 is 23.2 Å². The van der Waals surface area contributed by atoms with Crippen molar-refractivity contribution in [3.8, 4) is 5.75 Å². The van der Waals surface area contributed by atoms with E-state index in [2.05, 4.69) is 5.32 Å². The van der Waals surface area contributed by atoms with Crippen LogP contribution < -0.4 is 14.4 Å². The van der Waals surface area contributed by atoms with Crippen molar-refractivity contribution in [1.29, 1.82) is 0 Å². The smallest absolute Gasteiger partial charge is 0.248 e. The largest absolute Gasteiger partial charge is 0.495 e. The Hall–Kier alpha value is -1.96. The zero-order valence-corrected chi connectivity index (χ0v) is 18.3. The molecule has 0 aliphatic heterocycles. The Bertz CT molecular complexity index is 980. The minimum atomic E-state index is -3.77. The summed E-state index contributed by atoms with van der Waals surface area (Å²) in [5.41, 5.74) is 1.62. The third kappa shape index (κ3) is 5.10. The molecule has 152 valence electrons. The number of carbonyl (C=O) groups is 1. The lowest BCUT2D eigenvalue weighted by molar-refractivity contribution is -0.117. The molecule has 9 heteroatoms. The number of nitrogens with one attached hydrogen (secondary N) is 1. The van der Waals surface area contributed by atoms with Crippen LogP contribution in [0, 0.1) is 6.92 Å². The number of methoxy groups -OCH3 is 1. The lowest BCUT2D eigenvalue weighted by Crippen LogP contribution is -2.47. The van der Waals surface area contributed by atoms with Gasteiger partial charge in [-0.25, -0.2) is 8.42 Å². The van der Waals surface area contributed by atoms with Crippen LogP contribution in [0.25, 0.3) is 0 Å². The van der Waals surface area contributed by atoms with E-state index in [-0.39, 0.29) is 17.1 Å². The van der Waals surface area contributed by atoms with Crippen molar-refractivity contribution in [1.82, 2.24) is 0 Å². The molecule has 0 heterocycles. The van der Waals surface area contributed by atoms with Crippen molar-refractivity contribution < 1.29 is 17.9 Å². The van der Waals surface area contributed by atoms with E-state index in [0.717, 1.165) is 16.1 Å².